The summed E-state index contributed by atoms with van der Waals surface area (Å²) in [6.45, 7) is 4.82. The fraction of sp³-hybridized carbons (Fsp3) is 0.500. The van der Waals surface area contributed by atoms with Gasteiger partial charge in [0, 0.05) is 18.8 Å². The van der Waals surface area contributed by atoms with Gasteiger partial charge in [-0.2, -0.15) is 0 Å². The molecule has 1 rings (SSSR count). The van der Waals surface area contributed by atoms with Crippen molar-refractivity contribution in [2.24, 2.45) is 0 Å². The Labute approximate surface area is 91.4 Å². The largest absolute Gasteiger partial charge is 0.496 e. The van der Waals surface area contributed by atoms with Crippen molar-refractivity contribution in [2.75, 3.05) is 26.1 Å². The van der Waals surface area contributed by atoms with E-state index >= 15 is 0 Å². The predicted molar refractivity (Wildman–Crippen MR) is 62.7 cm³/mol. The molecule has 0 bridgehead atoms. The number of hydrogen-bond acceptors (Lipinski definition) is 3. The Bertz CT molecular complexity index is 312. The van der Waals surface area contributed by atoms with Gasteiger partial charge in [0.2, 0.25) is 0 Å². The molecule has 0 saturated carbocycles. The fourth-order valence-electron chi connectivity index (χ4n) is 1.54. The molecule has 1 unspecified atom stereocenters. The zero-order valence-corrected chi connectivity index (χ0v) is 9.83. The van der Waals surface area contributed by atoms with Gasteiger partial charge in [0.25, 0.3) is 0 Å². The van der Waals surface area contributed by atoms with Crippen LogP contribution in [0.4, 0.5) is 5.69 Å². The van der Waals surface area contributed by atoms with Crippen LogP contribution in [0.5, 0.6) is 5.75 Å². The van der Waals surface area contributed by atoms with Crippen LogP contribution < -0.4 is 10.1 Å². The molecule has 0 aliphatic carbocycles. The van der Waals surface area contributed by atoms with Crippen molar-refractivity contribution in [3.63, 3.8) is 0 Å². The summed E-state index contributed by atoms with van der Waals surface area (Å²) in [5.41, 5.74) is 2.23. The maximum absolute atomic E-state index is 5.20. The average molecular weight is 209 g/mol. The molecule has 1 atom stereocenters. The number of aryl methyl sites for hydroxylation is 1. The normalized spacial score (nSPS) is 12.3. The van der Waals surface area contributed by atoms with E-state index in [1.165, 1.54) is 0 Å². The van der Waals surface area contributed by atoms with E-state index in [-0.39, 0.29) is 0 Å². The van der Waals surface area contributed by atoms with Gasteiger partial charge in [-0.25, -0.2) is 0 Å². The summed E-state index contributed by atoms with van der Waals surface area (Å²) in [6.07, 6.45) is 0. The molecule has 0 amide bonds. The van der Waals surface area contributed by atoms with Crippen molar-refractivity contribution in [3.05, 3.63) is 23.8 Å². The highest BCUT2D eigenvalue weighted by atomic mass is 16.5. The number of hydrogen-bond donors (Lipinski definition) is 1. The number of anilines is 1. The van der Waals surface area contributed by atoms with E-state index in [2.05, 4.69) is 18.3 Å². The quantitative estimate of drug-likeness (QED) is 0.808. The van der Waals surface area contributed by atoms with Crippen molar-refractivity contribution >= 4 is 5.69 Å². The molecule has 0 aromatic heterocycles. The number of ether oxygens (including phenoxy) is 2. The molecule has 0 aliphatic heterocycles. The first kappa shape index (κ1) is 11.9. The number of rotatable bonds is 5. The van der Waals surface area contributed by atoms with Crippen molar-refractivity contribution in [3.8, 4) is 5.75 Å². The first-order chi connectivity index (χ1) is 7.17. The van der Waals surface area contributed by atoms with E-state index in [1.807, 2.05) is 19.1 Å². The first-order valence-electron chi connectivity index (χ1n) is 5.07. The van der Waals surface area contributed by atoms with E-state index in [9.17, 15) is 0 Å². The molecule has 1 N–H and O–H groups in total. The van der Waals surface area contributed by atoms with E-state index in [0.29, 0.717) is 12.6 Å². The van der Waals surface area contributed by atoms with Crippen LogP contribution in [0.15, 0.2) is 18.2 Å². The molecule has 15 heavy (non-hydrogen) atoms. The Balaban J connectivity index is 2.66. The van der Waals surface area contributed by atoms with Crippen LogP contribution in [0.3, 0.4) is 0 Å². The third-order valence-electron chi connectivity index (χ3n) is 2.22. The van der Waals surface area contributed by atoms with Gasteiger partial charge in [0.1, 0.15) is 5.75 Å². The molecule has 0 heterocycles. The molecule has 84 valence electrons. The molecule has 0 saturated heterocycles. The summed E-state index contributed by atoms with van der Waals surface area (Å²) < 4.78 is 10.3. The second-order valence-electron chi connectivity index (χ2n) is 3.69. The van der Waals surface area contributed by atoms with E-state index in [0.717, 1.165) is 17.0 Å². The lowest BCUT2D eigenvalue weighted by molar-refractivity contribution is 0.190. The minimum absolute atomic E-state index is 0.308. The van der Waals surface area contributed by atoms with Crippen LogP contribution in [0.2, 0.25) is 0 Å². The third-order valence-corrected chi connectivity index (χ3v) is 2.22. The molecule has 0 fully saturated rings. The number of nitrogens with one attached hydrogen (secondary N) is 1. The Hall–Kier alpha value is -1.22. The van der Waals surface area contributed by atoms with Crippen LogP contribution in [0.1, 0.15) is 12.5 Å². The fourth-order valence-corrected chi connectivity index (χ4v) is 1.54. The predicted octanol–water partition coefficient (Wildman–Crippen LogP) is 2.45. The highest BCUT2D eigenvalue weighted by Gasteiger charge is 2.03. The van der Waals surface area contributed by atoms with E-state index in [1.54, 1.807) is 14.2 Å². The Kier molecular flexibility index (Phi) is 4.43. The van der Waals surface area contributed by atoms with Crippen molar-refractivity contribution in [1.29, 1.82) is 0 Å². The zero-order valence-electron chi connectivity index (χ0n) is 9.83. The van der Waals surface area contributed by atoms with Crippen LogP contribution in [0.25, 0.3) is 0 Å². The minimum Gasteiger partial charge on any atom is -0.496 e. The SMILES string of the molecule is COCC(C)Nc1ccc(OC)c(C)c1. The van der Waals surface area contributed by atoms with E-state index < -0.39 is 0 Å². The third kappa shape index (κ3) is 3.44. The second kappa shape index (κ2) is 5.61. The van der Waals surface area contributed by atoms with Crippen LogP contribution in [-0.2, 0) is 4.74 Å². The molecule has 0 radical (unpaired) electrons. The average Bonchev–Trinajstić information content (AvgIpc) is 2.18. The Morgan fingerprint density at radius 3 is 2.60 bits per heavy atom. The van der Waals surface area contributed by atoms with Crippen molar-refractivity contribution < 1.29 is 9.47 Å². The zero-order chi connectivity index (χ0) is 11.3. The number of methoxy groups -OCH3 is 2. The Morgan fingerprint density at radius 2 is 2.07 bits per heavy atom. The monoisotopic (exact) mass is 209 g/mol. The molecule has 1 aromatic rings. The maximum Gasteiger partial charge on any atom is 0.121 e. The first-order valence-corrected chi connectivity index (χ1v) is 5.07. The lowest BCUT2D eigenvalue weighted by Crippen LogP contribution is -2.20. The molecule has 1 aromatic carbocycles. The molecule has 3 nitrogen and oxygen atoms in total. The summed E-state index contributed by atoms with van der Waals surface area (Å²) in [5.74, 6) is 0.917. The molecular formula is C12H19NO2. The van der Waals surface area contributed by atoms with Gasteiger partial charge in [-0.05, 0) is 37.6 Å². The standard InChI is InChI=1S/C12H19NO2/c1-9-7-11(5-6-12(9)15-4)13-10(2)8-14-3/h5-7,10,13H,8H2,1-4H3. The van der Waals surface area contributed by atoms with Gasteiger partial charge in [-0.1, -0.05) is 0 Å². The second-order valence-corrected chi connectivity index (χ2v) is 3.69. The minimum atomic E-state index is 0.308. The van der Waals surface area contributed by atoms with E-state index in [4.69, 9.17) is 9.47 Å². The highest BCUT2D eigenvalue weighted by molar-refractivity contribution is 5.51. The Morgan fingerprint density at radius 1 is 1.33 bits per heavy atom. The summed E-state index contributed by atoms with van der Waals surface area (Å²) in [7, 11) is 3.39. The molecular weight excluding hydrogens is 190 g/mol. The van der Waals surface area contributed by atoms with Crippen LogP contribution >= 0.6 is 0 Å². The van der Waals surface area contributed by atoms with Crippen LogP contribution in [0, 0.1) is 6.92 Å². The van der Waals surface area contributed by atoms with Gasteiger partial charge < -0.3 is 14.8 Å². The maximum atomic E-state index is 5.20. The summed E-state index contributed by atoms with van der Waals surface area (Å²) in [5, 5.41) is 3.35. The summed E-state index contributed by atoms with van der Waals surface area (Å²) >= 11 is 0. The molecule has 0 spiro atoms. The van der Waals surface area contributed by atoms with Gasteiger partial charge in [0.05, 0.1) is 13.7 Å². The van der Waals surface area contributed by atoms with Gasteiger partial charge in [0.15, 0.2) is 0 Å². The van der Waals surface area contributed by atoms with Crippen molar-refractivity contribution in [1.82, 2.24) is 0 Å². The smallest absolute Gasteiger partial charge is 0.121 e. The van der Waals surface area contributed by atoms with Crippen LogP contribution in [-0.4, -0.2) is 26.9 Å². The molecule has 3 heteroatoms. The lowest BCUT2D eigenvalue weighted by atomic mass is 10.2. The number of benzene rings is 1. The topological polar surface area (TPSA) is 30.5 Å². The van der Waals surface area contributed by atoms with Gasteiger partial charge in [-0.15, -0.1) is 0 Å². The summed E-state index contributed by atoms with van der Waals surface area (Å²) in [4.78, 5) is 0. The van der Waals surface area contributed by atoms with Gasteiger partial charge >= 0.3 is 0 Å². The lowest BCUT2D eigenvalue weighted by Gasteiger charge is -2.15. The van der Waals surface area contributed by atoms with Gasteiger partial charge in [-0.3, -0.25) is 0 Å². The highest BCUT2D eigenvalue weighted by Crippen LogP contribution is 2.21. The van der Waals surface area contributed by atoms with Crippen molar-refractivity contribution in [2.45, 2.75) is 19.9 Å². The summed E-state index contributed by atoms with van der Waals surface area (Å²) in [6, 6.07) is 6.36. The molecule has 0 aliphatic rings.